The van der Waals surface area contributed by atoms with E-state index in [4.69, 9.17) is 0 Å². The summed E-state index contributed by atoms with van der Waals surface area (Å²) in [5.41, 5.74) is 0.206. The molecule has 0 saturated heterocycles. The second-order valence-electron chi connectivity index (χ2n) is 7.83. The Bertz CT molecular complexity index is 691. The largest absolute Gasteiger partial charge is 0.481 e. The number of carboxylic acid groups (broad SMARTS) is 1. The highest BCUT2D eigenvalue weighted by Gasteiger charge is 2.43. The average Bonchev–Trinajstić information content (AvgIpc) is 2.69. The fourth-order valence-corrected chi connectivity index (χ4v) is 4.13. The van der Waals surface area contributed by atoms with Crippen LogP contribution >= 0.6 is 0 Å². The molecule has 0 aromatic heterocycles. The summed E-state index contributed by atoms with van der Waals surface area (Å²) < 4.78 is 0. The summed E-state index contributed by atoms with van der Waals surface area (Å²) in [6.07, 6.45) is 4.80. The Morgan fingerprint density at radius 2 is 1.64 bits per heavy atom. The highest BCUT2D eigenvalue weighted by molar-refractivity contribution is 5.98. The van der Waals surface area contributed by atoms with Crippen LogP contribution in [-0.2, 0) is 9.59 Å². The molecular weight excluding hydrogens is 356 g/mol. The van der Waals surface area contributed by atoms with Gasteiger partial charge in [-0.05, 0) is 63.8 Å². The summed E-state index contributed by atoms with van der Waals surface area (Å²) in [4.78, 5) is 38.6. The number of aliphatic carboxylic acids is 1. The average molecular weight is 389 g/mol. The van der Waals surface area contributed by atoms with Crippen molar-refractivity contribution >= 4 is 23.5 Å². The normalized spacial score (nSPS) is 16.8. The Balaban J connectivity index is 2.14. The number of anilines is 1. The van der Waals surface area contributed by atoms with Gasteiger partial charge in [0.2, 0.25) is 5.91 Å². The summed E-state index contributed by atoms with van der Waals surface area (Å²) >= 11 is 0. The number of rotatable bonds is 8. The first-order chi connectivity index (χ1) is 13.3. The van der Waals surface area contributed by atoms with E-state index in [-0.39, 0.29) is 24.2 Å². The van der Waals surface area contributed by atoms with Crippen molar-refractivity contribution in [3.8, 4) is 0 Å². The minimum Gasteiger partial charge on any atom is -0.481 e. The molecule has 1 fully saturated rings. The van der Waals surface area contributed by atoms with E-state index in [1.165, 1.54) is 0 Å². The SMILES string of the molecule is CCN(CC)C(=O)c1ccc(NC(=O)C(C)(CC(=O)O)C2CCCCC2)cc1. The lowest BCUT2D eigenvalue weighted by atomic mass is 9.67. The van der Waals surface area contributed by atoms with Crippen molar-refractivity contribution in [3.63, 3.8) is 0 Å². The third-order valence-corrected chi connectivity index (χ3v) is 5.98. The van der Waals surface area contributed by atoms with Gasteiger partial charge >= 0.3 is 5.97 Å². The fraction of sp³-hybridized carbons (Fsp3) is 0.591. The molecule has 28 heavy (non-hydrogen) atoms. The lowest BCUT2D eigenvalue weighted by Gasteiger charge is -2.37. The molecule has 154 valence electrons. The quantitative estimate of drug-likeness (QED) is 0.700. The van der Waals surface area contributed by atoms with Crippen LogP contribution in [0.3, 0.4) is 0 Å². The highest BCUT2D eigenvalue weighted by atomic mass is 16.4. The molecule has 1 aliphatic rings. The first-order valence-corrected chi connectivity index (χ1v) is 10.2. The van der Waals surface area contributed by atoms with Crippen LogP contribution in [0.25, 0.3) is 0 Å². The first-order valence-electron chi connectivity index (χ1n) is 10.2. The van der Waals surface area contributed by atoms with Gasteiger partial charge in [-0.25, -0.2) is 0 Å². The van der Waals surface area contributed by atoms with Crippen LogP contribution in [0.2, 0.25) is 0 Å². The van der Waals surface area contributed by atoms with Gasteiger partial charge in [0.05, 0.1) is 11.8 Å². The van der Waals surface area contributed by atoms with Crippen LogP contribution in [0.15, 0.2) is 24.3 Å². The van der Waals surface area contributed by atoms with Crippen LogP contribution in [0.4, 0.5) is 5.69 Å². The van der Waals surface area contributed by atoms with Crippen molar-refractivity contribution in [2.24, 2.45) is 11.3 Å². The van der Waals surface area contributed by atoms with E-state index in [9.17, 15) is 19.5 Å². The van der Waals surface area contributed by atoms with Gasteiger partial charge in [0.25, 0.3) is 5.91 Å². The number of amides is 2. The molecule has 6 heteroatoms. The van der Waals surface area contributed by atoms with Gasteiger partial charge in [-0.1, -0.05) is 19.3 Å². The summed E-state index contributed by atoms with van der Waals surface area (Å²) in [5, 5.41) is 12.3. The lowest BCUT2D eigenvalue weighted by molar-refractivity contribution is -0.145. The predicted molar refractivity (Wildman–Crippen MR) is 109 cm³/mol. The third kappa shape index (κ3) is 5.12. The van der Waals surface area contributed by atoms with E-state index in [1.807, 2.05) is 13.8 Å². The van der Waals surface area contributed by atoms with Crippen molar-refractivity contribution in [1.29, 1.82) is 0 Å². The van der Waals surface area contributed by atoms with Crippen LogP contribution in [0, 0.1) is 11.3 Å². The second kappa shape index (κ2) is 9.71. The Morgan fingerprint density at radius 1 is 1.07 bits per heavy atom. The maximum Gasteiger partial charge on any atom is 0.304 e. The highest BCUT2D eigenvalue weighted by Crippen LogP contribution is 2.42. The molecular formula is C22H32N2O4. The number of carboxylic acids is 1. The maximum absolute atomic E-state index is 13.0. The standard InChI is InChI=1S/C22H32N2O4/c1-4-24(5-2)20(27)16-11-13-18(14-12-16)23-21(28)22(3,15-19(25)26)17-9-7-6-8-10-17/h11-14,17H,4-10,15H2,1-3H3,(H,23,28)(H,25,26). The van der Waals surface area contributed by atoms with E-state index in [0.717, 1.165) is 32.1 Å². The number of nitrogens with zero attached hydrogens (tertiary/aromatic N) is 1. The van der Waals surface area contributed by atoms with E-state index in [1.54, 1.807) is 36.1 Å². The van der Waals surface area contributed by atoms with Gasteiger partial charge in [0.15, 0.2) is 0 Å². The summed E-state index contributed by atoms with van der Waals surface area (Å²) in [5.74, 6) is -1.19. The van der Waals surface area contributed by atoms with Crippen molar-refractivity contribution < 1.29 is 19.5 Å². The van der Waals surface area contributed by atoms with E-state index in [2.05, 4.69) is 5.32 Å². The van der Waals surface area contributed by atoms with E-state index < -0.39 is 11.4 Å². The van der Waals surface area contributed by atoms with Crippen molar-refractivity contribution in [3.05, 3.63) is 29.8 Å². The number of carbonyl (C=O) groups excluding carboxylic acids is 2. The zero-order valence-electron chi connectivity index (χ0n) is 17.2. The zero-order valence-corrected chi connectivity index (χ0v) is 17.2. The first kappa shape index (κ1) is 21.9. The van der Waals surface area contributed by atoms with Gasteiger partial charge in [-0.3, -0.25) is 14.4 Å². The van der Waals surface area contributed by atoms with Gasteiger partial charge < -0.3 is 15.3 Å². The third-order valence-electron chi connectivity index (χ3n) is 5.98. The van der Waals surface area contributed by atoms with Gasteiger partial charge in [0.1, 0.15) is 0 Å². The summed E-state index contributed by atoms with van der Waals surface area (Å²) in [6, 6.07) is 6.81. The number of benzene rings is 1. The minimum atomic E-state index is -0.955. The molecule has 1 unspecified atom stereocenters. The van der Waals surface area contributed by atoms with Gasteiger partial charge in [0, 0.05) is 24.3 Å². The van der Waals surface area contributed by atoms with Crippen molar-refractivity contribution in [2.45, 2.75) is 59.3 Å². The van der Waals surface area contributed by atoms with Crippen LogP contribution in [0.1, 0.15) is 69.7 Å². The van der Waals surface area contributed by atoms with Crippen LogP contribution < -0.4 is 5.32 Å². The maximum atomic E-state index is 13.0. The van der Waals surface area contributed by atoms with Crippen LogP contribution in [-0.4, -0.2) is 40.9 Å². The predicted octanol–water partition coefficient (Wildman–Crippen LogP) is 4.17. The molecule has 1 aromatic carbocycles. The minimum absolute atomic E-state index is 0.0409. The number of nitrogens with one attached hydrogen (secondary N) is 1. The topological polar surface area (TPSA) is 86.7 Å². The lowest BCUT2D eigenvalue weighted by Crippen LogP contribution is -2.42. The number of hydrogen-bond donors (Lipinski definition) is 2. The zero-order chi connectivity index (χ0) is 20.7. The Morgan fingerprint density at radius 3 is 2.14 bits per heavy atom. The van der Waals surface area contributed by atoms with Crippen LogP contribution in [0.5, 0.6) is 0 Å². The number of hydrogen-bond acceptors (Lipinski definition) is 3. The molecule has 2 amide bonds. The Kier molecular flexibility index (Phi) is 7.61. The van der Waals surface area contributed by atoms with Crippen molar-refractivity contribution in [1.82, 2.24) is 4.90 Å². The molecule has 0 bridgehead atoms. The Labute approximate surface area is 167 Å². The molecule has 2 N–H and O–H groups in total. The molecule has 1 aromatic rings. The molecule has 0 spiro atoms. The number of carbonyl (C=O) groups is 3. The molecule has 0 aliphatic heterocycles. The molecule has 1 aliphatic carbocycles. The van der Waals surface area contributed by atoms with Gasteiger partial charge in [-0.15, -0.1) is 0 Å². The molecule has 0 radical (unpaired) electrons. The molecule has 1 saturated carbocycles. The smallest absolute Gasteiger partial charge is 0.304 e. The second-order valence-corrected chi connectivity index (χ2v) is 7.83. The monoisotopic (exact) mass is 388 g/mol. The Hall–Kier alpha value is -2.37. The fourth-order valence-electron chi connectivity index (χ4n) is 4.13. The summed E-state index contributed by atoms with van der Waals surface area (Å²) in [7, 11) is 0. The van der Waals surface area contributed by atoms with E-state index >= 15 is 0 Å². The molecule has 2 rings (SSSR count). The molecule has 0 heterocycles. The molecule has 1 atom stereocenters. The van der Waals surface area contributed by atoms with E-state index in [0.29, 0.717) is 24.3 Å². The van der Waals surface area contributed by atoms with Crippen molar-refractivity contribution in [2.75, 3.05) is 18.4 Å². The van der Waals surface area contributed by atoms with Gasteiger partial charge in [-0.2, -0.15) is 0 Å². The molecule has 6 nitrogen and oxygen atoms in total. The summed E-state index contributed by atoms with van der Waals surface area (Å²) in [6.45, 7) is 6.92.